The first-order valence-electron chi connectivity index (χ1n) is 6.91. The molecule has 0 saturated heterocycles. The van der Waals surface area contributed by atoms with E-state index < -0.39 is 16.1 Å². The van der Waals surface area contributed by atoms with E-state index in [2.05, 4.69) is 10.0 Å². The van der Waals surface area contributed by atoms with Crippen LogP contribution < -0.4 is 14.8 Å². The molecule has 0 radical (unpaired) electrons. The summed E-state index contributed by atoms with van der Waals surface area (Å²) in [4.78, 5) is 11.7. The van der Waals surface area contributed by atoms with Crippen molar-refractivity contribution in [2.45, 2.75) is 38.2 Å². The molecule has 2 rings (SSSR count). The fraction of sp³-hybridized carbons (Fsp3) is 0.500. The summed E-state index contributed by atoms with van der Waals surface area (Å²) in [6.07, 6.45) is 0.186. The van der Waals surface area contributed by atoms with Crippen LogP contribution in [0.5, 0.6) is 5.75 Å². The smallest absolute Gasteiger partial charge is 0.265 e. The lowest BCUT2D eigenvalue weighted by atomic mass is 10.1. The molecular formula is C14H20N2O4S. The lowest BCUT2D eigenvalue weighted by Crippen LogP contribution is -2.34. The third-order valence-electron chi connectivity index (χ3n) is 3.21. The molecule has 1 amide bonds. The van der Waals surface area contributed by atoms with Gasteiger partial charge in [0.1, 0.15) is 5.75 Å². The molecule has 21 heavy (non-hydrogen) atoms. The van der Waals surface area contributed by atoms with Crippen LogP contribution in [-0.2, 0) is 14.8 Å². The first kappa shape index (κ1) is 15.8. The van der Waals surface area contributed by atoms with E-state index in [1.54, 1.807) is 13.0 Å². The maximum absolute atomic E-state index is 12.2. The normalized spacial score (nSPS) is 18.1. The predicted octanol–water partition coefficient (Wildman–Crippen LogP) is 1.73. The zero-order chi connectivity index (χ0) is 15.6. The molecule has 1 unspecified atom stereocenters. The number of nitrogens with one attached hydrogen (secondary N) is 2. The standard InChI is InChI=1S/C14H20N2O4S/c1-9(2)6-7-15-21(18,19)11-4-5-13-12(8-11)16-14(17)10(3)20-13/h4-5,8-10,15H,6-7H2,1-3H3,(H,16,17). The zero-order valence-electron chi connectivity index (χ0n) is 12.3. The van der Waals surface area contributed by atoms with Gasteiger partial charge in [-0.3, -0.25) is 4.79 Å². The Kier molecular flexibility index (Phi) is 4.53. The van der Waals surface area contributed by atoms with Gasteiger partial charge in [-0.2, -0.15) is 0 Å². The second-order valence-corrected chi connectivity index (χ2v) is 7.25. The van der Waals surface area contributed by atoms with Crippen LogP contribution in [0.2, 0.25) is 0 Å². The molecule has 0 aliphatic carbocycles. The molecule has 1 aromatic carbocycles. The van der Waals surface area contributed by atoms with Crippen LogP contribution in [0.1, 0.15) is 27.2 Å². The van der Waals surface area contributed by atoms with Crippen molar-refractivity contribution in [3.8, 4) is 5.75 Å². The van der Waals surface area contributed by atoms with Crippen molar-refractivity contribution in [2.75, 3.05) is 11.9 Å². The van der Waals surface area contributed by atoms with Gasteiger partial charge in [0.05, 0.1) is 10.6 Å². The molecule has 0 bridgehead atoms. The summed E-state index contributed by atoms with van der Waals surface area (Å²) in [6, 6.07) is 4.44. The molecule has 116 valence electrons. The summed E-state index contributed by atoms with van der Waals surface area (Å²) in [5.41, 5.74) is 0.379. The highest BCUT2D eigenvalue weighted by molar-refractivity contribution is 7.89. The van der Waals surface area contributed by atoms with Crippen molar-refractivity contribution in [1.82, 2.24) is 4.72 Å². The molecule has 0 fully saturated rings. The van der Waals surface area contributed by atoms with E-state index in [-0.39, 0.29) is 10.8 Å². The number of rotatable bonds is 5. The number of fused-ring (bicyclic) bond motifs is 1. The van der Waals surface area contributed by atoms with E-state index in [0.29, 0.717) is 23.9 Å². The van der Waals surface area contributed by atoms with E-state index in [1.807, 2.05) is 13.8 Å². The van der Waals surface area contributed by atoms with Crippen molar-refractivity contribution in [3.63, 3.8) is 0 Å². The fourth-order valence-corrected chi connectivity index (χ4v) is 2.99. The predicted molar refractivity (Wildman–Crippen MR) is 79.8 cm³/mol. The van der Waals surface area contributed by atoms with Gasteiger partial charge in [-0.25, -0.2) is 13.1 Å². The van der Waals surface area contributed by atoms with Gasteiger partial charge in [-0.1, -0.05) is 13.8 Å². The number of sulfonamides is 1. The topological polar surface area (TPSA) is 84.5 Å². The highest BCUT2D eigenvalue weighted by Crippen LogP contribution is 2.31. The number of benzene rings is 1. The molecule has 1 aliphatic heterocycles. The molecule has 2 N–H and O–H groups in total. The largest absolute Gasteiger partial charge is 0.479 e. The molecular weight excluding hydrogens is 292 g/mol. The van der Waals surface area contributed by atoms with Crippen LogP contribution in [0, 0.1) is 5.92 Å². The summed E-state index contributed by atoms with van der Waals surface area (Å²) in [7, 11) is -3.58. The summed E-state index contributed by atoms with van der Waals surface area (Å²) < 4.78 is 32.3. The minimum atomic E-state index is -3.58. The molecule has 1 atom stereocenters. The van der Waals surface area contributed by atoms with Crippen LogP contribution in [0.3, 0.4) is 0 Å². The molecule has 1 aliphatic rings. The van der Waals surface area contributed by atoms with Gasteiger partial charge in [0, 0.05) is 6.54 Å². The average molecular weight is 312 g/mol. The van der Waals surface area contributed by atoms with Crippen LogP contribution >= 0.6 is 0 Å². The molecule has 0 saturated carbocycles. The number of anilines is 1. The molecule has 6 nitrogen and oxygen atoms in total. The van der Waals surface area contributed by atoms with Crippen molar-refractivity contribution in [1.29, 1.82) is 0 Å². The second kappa shape index (κ2) is 6.03. The summed E-state index contributed by atoms with van der Waals surface area (Å²) in [6.45, 7) is 6.08. The second-order valence-electron chi connectivity index (χ2n) is 5.49. The van der Waals surface area contributed by atoms with Gasteiger partial charge in [-0.05, 0) is 37.5 Å². The minimum Gasteiger partial charge on any atom is -0.479 e. The maximum atomic E-state index is 12.2. The Hall–Kier alpha value is -1.60. The van der Waals surface area contributed by atoms with E-state index in [0.717, 1.165) is 6.42 Å². The SMILES string of the molecule is CC(C)CCNS(=O)(=O)c1ccc2c(c1)NC(=O)C(C)O2. The van der Waals surface area contributed by atoms with Crippen molar-refractivity contribution < 1.29 is 17.9 Å². The Labute approximate surface area is 124 Å². The Morgan fingerprint density at radius 1 is 1.38 bits per heavy atom. The number of ether oxygens (including phenoxy) is 1. The molecule has 0 spiro atoms. The van der Waals surface area contributed by atoms with Crippen LogP contribution in [0.15, 0.2) is 23.1 Å². The van der Waals surface area contributed by atoms with E-state index in [4.69, 9.17) is 4.74 Å². The van der Waals surface area contributed by atoms with Gasteiger partial charge >= 0.3 is 0 Å². The first-order valence-corrected chi connectivity index (χ1v) is 8.39. The van der Waals surface area contributed by atoms with Gasteiger partial charge < -0.3 is 10.1 Å². The van der Waals surface area contributed by atoms with Gasteiger partial charge in [0.25, 0.3) is 5.91 Å². The van der Waals surface area contributed by atoms with Crippen LogP contribution in [0.4, 0.5) is 5.69 Å². The summed E-state index contributed by atoms with van der Waals surface area (Å²) in [5.74, 6) is 0.610. The zero-order valence-corrected chi connectivity index (χ0v) is 13.2. The Balaban J connectivity index is 2.18. The quantitative estimate of drug-likeness (QED) is 0.867. The van der Waals surface area contributed by atoms with Crippen molar-refractivity contribution >= 4 is 21.6 Å². The van der Waals surface area contributed by atoms with Gasteiger partial charge in [0.15, 0.2) is 6.10 Å². The third-order valence-corrected chi connectivity index (χ3v) is 4.66. The number of hydrogen-bond acceptors (Lipinski definition) is 4. The van der Waals surface area contributed by atoms with Crippen molar-refractivity contribution in [2.24, 2.45) is 5.92 Å². The lowest BCUT2D eigenvalue weighted by Gasteiger charge is -2.23. The average Bonchev–Trinajstić information content (AvgIpc) is 2.38. The van der Waals surface area contributed by atoms with Crippen LogP contribution in [-0.4, -0.2) is 27.0 Å². The van der Waals surface area contributed by atoms with E-state index in [1.165, 1.54) is 12.1 Å². The van der Waals surface area contributed by atoms with Crippen molar-refractivity contribution in [3.05, 3.63) is 18.2 Å². The lowest BCUT2D eigenvalue weighted by molar-refractivity contribution is -0.122. The van der Waals surface area contributed by atoms with E-state index >= 15 is 0 Å². The molecule has 1 heterocycles. The number of hydrogen-bond donors (Lipinski definition) is 2. The highest BCUT2D eigenvalue weighted by Gasteiger charge is 2.25. The maximum Gasteiger partial charge on any atom is 0.265 e. The first-order chi connectivity index (χ1) is 9.79. The number of amides is 1. The van der Waals surface area contributed by atoms with E-state index in [9.17, 15) is 13.2 Å². The highest BCUT2D eigenvalue weighted by atomic mass is 32.2. The molecule has 0 aromatic heterocycles. The monoisotopic (exact) mass is 312 g/mol. The third kappa shape index (κ3) is 3.74. The Morgan fingerprint density at radius 2 is 2.10 bits per heavy atom. The fourth-order valence-electron chi connectivity index (χ4n) is 1.92. The summed E-state index contributed by atoms with van der Waals surface area (Å²) in [5, 5.41) is 2.64. The Morgan fingerprint density at radius 3 is 2.76 bits per heavy atom. The molecule has 7 heteroatoms. The van der Waals surface area contributed by atoms with Crippen LogP contribution in [0.25, 0.3) is 0 Å². The van der Waals surface area contributed by atoms with Gasteiger partial charge in [-0.15, -0.1) is 0 Å². The minimum absolute atomic E-state index is 0.114. The summed E-state index contributed by atoms with van der Waals surface area (Å²) >= 11 is 0. The number of carbonyl (C=O) groups excluding carboxylic acids is 1. The molecule has 1 aromatic rings. The Bertz CT molecular complexity index is 640. The van der Waals surface area contributed by atoms with Gasteiger partial charge in [0.2, 0.25) is 10.0 Å². The number of carbonyl (C=O) groups is 1.